The quantitative estimate of drug-likeness (QED) is 0.678. The minimum absolute atomic E-state index is 0.337. The molecule has 3 aromatic rings. The Kier molecular flexibility index (Phi) is 5.28. The summed E-state index contributed by atoms with van der Waals surface area (Å²) in [5.41, 5.74) is 1.95. The van der Waals surface area contributed by atoms with Gasteiger partial charge >= 0.3 is 0 Å². The number of imidazole rings is 1. The van der Waals surface area contributed by atoms with Crippen LogP contribution in [0.4, 0.5) is 0 Å². The topological polar surface area (TPSA) is 47.1 Å². The van der Waals surface area contributed by atoms with E-state index in [9.17, 15) is 0 Å². The molecule has 0 aliphatic heterocycles. The summed E-state index contributed by atoms with van der Waals surface area (Å²) >= 11 is 12.1. The molecule has 124 valence electrons. The Bertz CT molecular complexity index is 820. The molecule has 0 aliphatic rings. The molecule has 0 unspecified atom stereocenters. The van der Waals surface area contributed by atoms with Crippen LogP contribution in [0.15, 0.2) is 48.8 Å². The van der Waals surface area contributed by atoms with Crippen LogP contribution in [0.2, 0.25) is 10.0 Å². The van der Waals surface area contributed by atoms with Gasteiger partial charge in [0.25, 0.3) is 0 Å². The van der Waals surface area contributed by atoms with E-state index in [0.717, 1.165) is 17.0 Å². The van der Waals surface area contributed by atoms with Crippen molar-refractivity contribution in [3.8, 4) is 11.5 Å². The highest BCUT2D eigenvalue weighted by Crippen LogP contribution is 2.30. The first-order valence-electron chi connectivity index (χ1n) is 7.37. The number of benzene rings is 2. The minimum atomic E-state index is 0.337. The molecule has 0 spiro atoms. The molecule has 3 rings (SSSR count). The average molecular weight is 363 g/mol. The highest BCUT2D eigenvalue weighted by molar-refractivity contribution is 6.35. The SMILES string of the molecule is COc1cc(Cc2ncc[nH]2)ccc1OCc1ccc(Cl)cc1Cl. The number of aromatic nitrogens is 2. The third kappa shape index (κ3) is 4.02. The Morgan fingerprint density at radius 2 is 1.96 bits per heavy atom. The fourth-order valence-corrected chi connectivity index (χ4v) is 2.79. The summed E-state index contributed by atoms with van der Waals surface area (Å²) in [6.07, 6.45) is 4.24. The molecule has 0 atom stereocenters. The predicted octanol–water partition coefficient (Wildman–Crippen LogP) is 4.89. The largest absolute Gasteiger partial charge is 0.493 e. The van der Waals surface area contributed by atoms with Gasteiger partial charge in [-0.1, -0.05) is 35.3 Å². The van der Waals surface area contributed by atoms with Crippen LogP contribution >= 0.6 is 23.2 Å². The van der Waals surface area contributed by atoms with Gasteiger partial charge in [-0.2, -0.15) is 0 Å². The number of rotatable bonds is 6. The summed E-state index contributed by atoms with van der Waals surface area (Å²) in [6, 6.07) is 11.2. The van der Waals surface area contributed by atoms with E-state index < -0.39 is 0 Å². The van der Waals surface area contributed by atoms with Gasteiger partial charge in [0.1, 0.15) is 12.4 Å². The summed E-state index contributed by atoms with van der Waals surface area (Å²) in [4.78, 5) is 7.32. The fourth-order valence-electron chi connectivity index (χ4n) is 2.32. The summed E-state index contributed by atoms with van der Waals surface area (Å²) in [5.74, 6) is 2.23. The van der Waals surface area contributed by atoms with E-state index in [-0.39, 0.29) is 0 Å². The van der Waals surface area contributed by atoms with Crippen LogP contribution in [-0.2, 0) is 13.0 Å². The molecule has 0 fully saturated rings. The third-order valence-corrected chi connectivity index (χ3v) is 4.14. The number of aromatic amines is 1. The Hall–Kier alpha value is -2.17. The van der Waals surface area contributed by atoms with Crippen LogP contribution in [0.25, 0.3) is 0 Å². The second-order valence-electron chi connectivity index (χ2n) is 5.22. The molecular weight excluding hydrogens is 347 g/mol. The van der Waals surface area contributed by atoms with Crippen LogP contribution in [0.5, 0.6) is 11.5 Å². The standard InChI is InChI=1S/C18H16Cl2N2O2/c1-23-17-8-12(9-18-21-6-7-22-18)2-5-16(17)24-11-13-3-4-14(19)10-15(13)20/h2-8,10H,9,11H2,1H3,(H,21,22). The predicted molar refractivity (Wildman–Crippen MR) is 95.2 cm³/mol. The van der Waals surface area contributed by atoms with Crippen molar-refractivity contribution in [1.82, 2.24) is 9.97 Å². The first kappa shape index (κ1) is 16.7. The lowest BCUT2D eigenvalue weighted by Gasteiger charge is -2.13. The van der Waals surface area contributed by atoms with E-state index >= 15 is 0 Å². The number of methoxy groups -OCH3 is 1. The minimum Gasteiger partial charge on any atom is -0.493 e. The van der Waals surface area contributed by atoms with Gasteiger partial charge < -0.3 is 14.5 Å². The van der Waals surface area contributed by atoms with Gasteiger partial charge in [-0.15, -0.1) is 0 Å². The molecule has 0 radical (unpaired) electrons. The zero-order chi connectivity index (χ0) is 16.9. The lowest BCUT2D eigenvalue weighted by Crippen LogP contribution is -1.99. The van der Waals surface area contributed by atoms with E-state index in [1.165, 1.54) is 0 Å². The maximum atomic E-state index is 6.17. The molecule has 6 heteroatoms. The van der Waals surface area contributed by atoms with Gasteiger partial charge in [-0.05, 0) is 29.8 Å². The molecule has 24 heavy (non-hydrogen) atoms. The smallest absolute Gasteiger partial charge is 0.161 e. The van der Waals surface area contributed by atoms with Gasteiger partial charge in [0.15, 0.2) is 11.5 Å². The normalized spacial score (nSPS) is 10.6. The molecule has 0 aliphatic carbocycles. The van der Waals surface area contributed by atoms with Crippen molar-refractivity contribution < 1.29 is 9.47 Å². The van der Waals surface area contributed by atoms with Crippen molar-refractivity contribution in [2.75, 3.05) is 7.11 Å². The molecule has 0 bridgehead atoms. The van der Waals surface area contributed by atoms with Crippen molar-refractivity contribution >= 4 is 23.2 Å². The van der Waals surface area contributed by atoms with E-state index in [2.05, 4.69) is 9.97 Å². The third-order valence-electron chi connectivity index (χ3n) is 3.55. The molecule has 4 nitrogen and oxygen atoms in total. The van der Waals surface area contributed by atoms with Gasteiger partial charge in [0.2, 0.25) is 0 Å². The Labute approximate surface area is 150 Å². The molecule has 1 N–H and O–H groups in total. The van der Waals surface area contributed by atoms with Crippen molar-refractivity contribution in [2.24, 2.45) is 0 Å². The highest BCUT2D eigenvalue weighted by atomic mass is 35.5. The number of hydrogen-bond acceptors (Lipinski definition) is 3. The summed E-state index contributed by atoms with van der Waals surface area (Å²) in [7, 11) is 1.62. The zero-order valence-electron chi connectivity index (χ0n) is 13.1. The second kappa shape index (κ2) is 7.60. The number of H-pyrrole nitrogens is 1. The van der Waals surface area contributed by atoms with Crippen LogP contribution in [0, 0.1) is 0 Å². The first-order valence-corrected chi connectivity index (χ1v) is 8.13. The van der Waals surface area contributed by atoms with Crippen LogP contribution in [-0.4, -0.2) is 17.1 Å². The average Bonchev–Trinajstić information content (AvgIpc) is 3.08. The van der Waals surface area contributed by atoms with Gasteiger partial charge in [-0.3, -0.25) is 0 Å². The Balaban J connectivity index is 1.73. The van der Waals surface area contributed by atoms with E-state index in [1.54, 1.807) is 31.6 Å². The van der Waals surface area contributed by atoms with Gasteiger partial charge in [0, 0.05) is 34.4 Å². The molecule has 0 saturated heterocycles. The Morgan fingerprint density at radius 3 is 2.67 bits per heavy atom. The molecule has 0 amide bonds. The number of hydrogen-bond donors (Lipinski definition) is 1. The fraction of sp³-hybridized carbons (Fsp3) is 0.167. The maximum absolute atomic E-state index is 6.17. The van der Waals surface area contributed by atoms with Crippen molar-refractivity contribution in [2.45, 2.75) is 13.0 Å². The molecule has 1 heterocycles. The molecular formula is C18H16Cl2N2O2. The molecule has 2 aromatic carbocycles. The van der Waals surface area contributed by atoms with Crippen molar-refractivity contribution in [3.63, 3.8) is 0 Å². The first-order chi connectivity index (χ1) is 11.7. The van der Waals surface area contributed by atoms with Gasteiger partial charge in [0.05, 0.1) is 7.11 Å². The summed E-state index contributed by atoms with van der Waals surface area (Å²) < 4.78 is 11.3. The summed E-state index contributed by atoms with van der Waals surface area (Å²) in [5, 5.41) is 1.18. The molecule has 1 aromatic heterocycles. The number of ether oxygens (including phenoxy) is 2. The highest BCUT2D eigenvalue weighted by Gasteiger charge is 2.09. The number of halogens is 2. The summed E-state index contributed by atoms with van der Waals surface area (Å²) in [6.45, 7) is 0.337. The van der Waals surface area contributed by atoms with E-state index in [1.807, 2.05) is 24.3 Å². The van der Waals surface area contributed by atoms with Crippen molar-refractivity contribution in [3.05, 3.63) is 75.8 Å². The van der Waals surface area contributed by atoms with Crippen molar-refractivity contribution in [1.29, 1.82) is 0 Å². The number of nitrogens with one attached hydrogen (secondary N) is 1. The lowest BCUT2D eigenvalue weighted by atomic mass is 10.1. The molecule has 0 saturated carbocycles. The maximum Gasteiger partial charge on any atom is 0.161 e. The van der Waals surface area contributed by atoms with E-state index in [0.29, 0.717) is 34.6 Å². The second-order valence-corrected chi connectivity index (χ2v) is 6.07. The van der Waals surface area contributed by atoms with Crippen LogP contribution in [0.1, 0.15) is 17.0 Å². The number of nitrogens with zero attached hydrogens (tertiary/aromatic N) is 1. The van der Waals surface area contributed by atoms with Gasteiger partial charge in [-0.25, -0.2) is 4.98 Å². The zero-order valence-corrected chi connectivity index (χ0v) is 14.6. The van der Waals surface area contributed by atoms with Crippen LogP contribution < -0.4 is 9.47 Å². The lowest BCUT2D eigenvalue weighted by molar-refractivity contribution is 0.284. The Morgan fingerprint density at radius 1 is 1.08 bits per heavy atom. The monoisotopic (exact) mass is 362 g/mol. The van der Waals surface area contributed by atoms with E-state index in [4.69, 9.17) is 32.7 Å². The van der Waals surface area contributed by atoms with Crippen LogP contribution in [0.3, 0.4) is 0 Å².